The molecule has 1 aromatic heterocycles. The topological polar surface area (TPSA) is 69.9 Å². The van der Waals surface area contributed by atoms with Crippen molar-refractivity contribution in [1.29, 1.82) is 0 Å². The summed E-state index contributed by atoms with van der Waals surface area (Å²) in [6.07, 6.45) is 3.78. The normalized spacial score (nSPS) is 10.8. The fourth-order valence-corrected chi connectivity index (χ4v) is 1.80. The van der Waals surface area contributed by atoms with E-state index < -0.39 is 0 Å². The average molecular weight is 422 g/mol. The van der Waals surface area contributed by atoms with Crippen LogP contribution in [0.3, 0.4) is 0 Å². The van der Waals surface area contributed by atoms with E-state index in [2.05, 4.69) is 27.4 Å². The molecule has 0 aliphatic heterocycles. The van der Waals surface area contributed by atoms with Crippen LogP contribution >= 0.6 is 24.0 Å². The molecule has 7 heteroatoms. The summed E-state index contributed by atoms with van der Waals surface area (Å²) in [5.74, 6) is 0.990. The minimum Gasteiger partial charge on any atom is -0.459 e. The van der Waals surface area contributed by atoms with Crippen molar-refractivity contribution in [3.63, 3.8) is 0 Å². The third-order valence-corrected chi connectivity index (χ3v) is 2.95. The van der Waals surface area contributed by atoms with Crippen LogP contribution in [0.15, 0.2) is 27.8 Å². The lowest BCUT2D eigenvalue weighted by Crippen LogP contribution is -2.40. The molecule has 0 saturated heterocycles. The molecule has 0 atom stereocenters. The molecule has 1 heterocycles. The van der Waals surface area contributed by atoms with Crippen molar-refractivity contribution in [2.75, 3.05) is 33.2 Å². The summed E-state index contributed by atoms with van der Waals surface area (Å²) in [7, 11) is 2.03. The van der Waals surface area contributed by atoms with E-state index in [-0.39, 0.29) is 29.9 Å². The quantitative estimate of drug-likeness (QED) is 0.292. The first-order chi connectivity index (χ1) is 10.2. The first-order valence-electron chi connectivity index (χ1n) is 7.50. The van der Waals surface area contributed by atoms with E-state index in [9.17, 15) is 4.79 Å². The molecule has 126 valence electrons. The van der Waals surface area contributed by atoms with Gasteiger partial charge in [0.05, 0.1) is 12.8 Å². The number of guanidine groups is 1. The van der Waals surface area contributed by atoms with Gasteiger partial charge in [0.25, 0.3) is 5.91 Å². The van der Waals surface area contributed by atoms with Crippen LogP contribution in [0.4, 0.5) is 0 Å². The van der Waals surface area contributed by atoms with Crippen molar-refractivity contribution in [3.05, 3.63) is 24.2 Å². The molecule has 1 rings (SSSR count). The first-order valence-corrected chi connectivity index (χ1v) is 7.50. The van der Waals surface area contributed by atoms with Gasteiger partial charge in [-0.3, -0.25) is 9.79 Å². The van der Waals surface area contributed by atoms with Crippen molar-refractivity contribution in [2.24, 2.45) is 4.99 Å². The highest BCUT2D eigenvalue weighted by atomic mass is 127. The van der Waals surface area contributed by atoms with E-state index >= 15 is 0 Å². The third-order valence-electron chi connectivity index (χ3n) is 2.95. The largest absolute Gasteiger partial charge is 0.459 e. The first kappa shape index (κ1) is 20.8. The van der Waals surface area contributed by atoms with Crippen molar-refractivity contribution < 1.29 is 9.21 Å². The van der Waals surface area contributed by atoms with E-state index in [1.165, 1.54) is 6.26 Å². The second kappa shape index (κ2) is 12.3. The predicted octanol–water partition coefficient (Wildman–Crippen LogP) is 2.32. The highest BCUT2D eigenvalue weighted by Gasteiger charge is 2.07. The van der Waals surface area contributed by atoms with E-state index in [1.807, 2.05) is 14.0 Å². The Balaban J connectivity index is 0.00000441. The van der Waals surface area contributed by atoms with Crippen LogP contribution in [-0.2, 0) is 0 Å². The van der Waals surface area contributed by atoms with Crippen LogP contribution in [0.2, 0.25) is 0 Å². The van der Waals surface area contributed by atoms with Gasteiger partial charge in [-0.1, -0.05) is 13.3 Å². The molecule has 0 saturated carbocycles. The number of nitrogens with zero attached hydrogens (tertiary/aromatic N) is 2. The Kier molecular flexibility index (Phi) is 11.6. The van der Waals surface area contributed by atoms with Crippen LogP contribution in [-0.4, -0.2) is 50.0 Å². The lowest BCUT2D eigenvalue weighted by molar-refractivity contribution is 0.0927. The number of rotatable bonds is 8. The maximum Gasteiger partial charge on any atom is 0.287 e. The number of hydrogen-bond acceptors (Lipinski definition) is 3. The van der Waals surface area contributed by atoms with Crippen molar-refractivity contribution >= 4 is 35.8 Å². The fraction of sp³-hybridized carbons (Fsp3) is 0.600. The molecule has 2 N–H and O–H groups in total. The van der Waals surface area contributed by atoms with Gasteiger partial charge in [-0.25, -0.2) is 0 Å². The molecule has 0 aliphatic rings. The summed E-state index contributed by atoms with van der Waals surface area (Å²) in [5.41, 5.74) is 0. The number of nitrogens with one attached hydrogen (secondary N) is 2. The Morgan fingerprint density at radius 3 is 2.73 bits per heavy atom. The molecule has 0 fully saturated rings. The maximum atomic E-state index is 11.7. The molecule has 0 unspecified atom stereocenters. The van der Waals surface area contributed by atoms with E-state index in [0.29, 0.717) is 18.8 Å². The van der Waals surface area contributed by atoms with Gasteiger partial charge >= 0.3 is 0 Å². The molecular formula is C15H27IN4O2. The molecule has 0 radical (unpaired) electrons. The van der Waals surface area contributed by atoms with Gasteiger partial charge in [0.2, 0.25) is 0 Å². The van der Waals surface area contributed by atoms with Gasteiger partial charge in [0.1, 0.15) is 0 Å². The highest BCUT2D eigenvalue weighted by Crippen LogP contribution is 1.98. The summed E-state index contributed by atoms with van der Waals surface area (Å²) >= 11 is 0. The molecule has 0 bridgehead atoms. The highest BCUT2D eigenvalue weighted by molar-refractivity contribution is 14.0. The number of unbranched alkanes of at least 4 members (excludes halogenated alkanes) is 1. The third kappa shape index (κ3) is 7.67. The monoisotopic (exact) mass is 422 g/mol. The smallest absolute Gasteiger partial charge is 0.287 e. The summed E-state index contributed by atoms with van der Waals surface area (Å²) < 4.78 is 5.03. The molecule has 0 spiro atoms. The van der Waals surface area contributed by atoms with Crippen molar-refractivity contribution in [1.82, 2.24) is 15.5 Å². The molecular weight excluding hydrogens is 395 g/mol. The lowest BCUT2D eigenvalue weighted by atomic mass is 10.3. The van der Waals surface area contributed by atoms with Gasteiger partial charge in [-0.05, 0) is 25.5 Å². The molecule has 22 heavy (non-hydrogen) atoms. The van der Waals surface area contributed by atoms with Gasteiger partial charge in [-0.15, -0.1) is 24.0 Å². The number of aliphatic imine (C=N–C) groups is 1. The second-order valence-corrected chi connectivity index (χ2v) is 4.74. The Labute approximate surface area is 149 Å². The zero-order chi connectivity index (χ0) is 15.5. The molecule has 1 aromatic rings. The standard InChI is InChI=1S/C15H26N4O2.HI/c1-4-6-11-19(3)15(16-5-2)18-10-9-17-14(20)13-8-7-12-21-13;/h7-8,12H,4-6,9-11H2,1-3H3,(H,16,18)(H,17,20);1H. The van der Waals surface area contributed by atoms with Gasteiger partial charge in [0.15, 0.2) is 11.7 Å². The van der Waals surface area contributed by atoms with Gasteiger partial charge < -0.3 is 20.0 Å². The number of furan rings is 1. The molecule has 0 aliphatic carbocycles. The van der Waals surface area contributed by atoms with Crippen molar-refractivity contribution in [3.8, 4) is 0 Å². The van der Waals surface area contributed by atoms with Crippen LogP contribution in [0.25, 0.3) is 0 Å². The van der Waals surface area contributed by atoms with Gasteiger partial charge in [-0.2, -0.15) is 0 Å². The lowest BCUT2D eigenvalue weighted by Gasteiger charge is -2.21. The second-order valence-electron chi connectivity index (χ2n) is 4.74. The minimum atomic E-state index is -0.209. The van der Waals surface area contributed by atoms with E-state index in [1.54, 1.807) is 12.1 Å². The summed E-state index contributed by atoms with van der Waals surface area (Å²) in [5, 5.41) is 6.03. The number of hydrogen-bond donors (Lipinski definition) is 2. The van der Waals surface area contributed by atoms with Crippen molar-refractivity contribution in [2.45, 2.75) is 26.7 Å². The SMILES string of the molecule is CCCCN(C)C(=NCCNC(=O)c1ccco1)NCC.I. The molecule has 1 amide bonds. The van der Waals surface area contributed by atoms with Crippen LogP contribution in [0.1, 0.15) is 37.2 Å². The Hall–Kier alpha value is -1.25. The Bertz CT molecular complexity index is 435. The van der Waals surface area contributed by atoms with Gasteiger partial charge in [0, 0.05) is 26.7 Å². The zero-order valence-corrected chi connectivity index (χ0v) is 15.9. The van der Waals surface area contributed by atoms with E-state index in [0.717, 1.165) is 31.9 Å². The van der Waals surface area contributed by atoms with Crippen LogP contribution < -0.4 is 10.6 Å². The van der Waals surface area contributed by atoms with E-state index in [4.69, 9.17) is 4.42 Å². The van der Waals surface area contributed by atoms with Crippen LogP contribution in [0, 0.1) is 0 Å². The predicted molar refractivity (Wildman–Crippen MR) is 100.0 cm³/mol. The maximum absolute atomic E-state index is 11.7. The Morgan fingerprint density at radius 2 is 2.14 bits per heavy atom. The summed E-state index contributed by atoms with van der Waals surface area (Å²) in [6, 6.07) is 3.33. The minimum absolute atomic E-state index is 0. The van der Waals surface area contributed by atoms with Crippen LogP contribution in [0.5, 0.6) is 0 Å². The summed E-state index contributed by atoms with van der Waals surface area (Å²) in [6.45, 7) is 7.03. The Morgan fingerprint density at radius 1 is 1.36 bits per heavy atom. The number of amides is 1. The fourth-order valence-electron chi connectivity index (χ4n) is 1.80. The summed E-state index contributed by atoms with van der Waals surface area (Å²) in [4.78, 5) is 18.3. The number of carbonyl (C=O) groups is 1. The molecule has 6 nitrogen and oxygen atoms in total. The molecule has 0 aromatic carbocycles. The zero-order valence-electron chi connectivity index (χ0n) is 13.6. The number of halogens is 1. The average Bonchev–Trinajstić information content (AvgIpc) is 3.02. The number of carbonyl (C=O) groups excluding carboxylic acids is 1.